The number of aromatic nitrogens is 1. The van der Waals surface area contributed by atoms with Crippen molar-refractivity contribution in [3.05, 3.63) is 58.1 Å². The number of ether oxygens (including phenoxy) is 1. The van der Waals surface area contributed by atoms with Crippen molar-refractivity contribution >= 4 is 44.1 Å². The molecule has 9 nitrogen and oxygen atoms in total. The average Bonchev–Trinajstić information content (AvgIpc) is 3.07. The van der Waals surface area contributed by atoms with Crippen molar-refractivity contribution in [2.75, 3.05) is 12.4 Å². The van der Waals surface area contributed by atoms with Crippen LogP contribution in [0.15, 0.2) is 47.6 Å². The summed E-state index contributed by atoms with van der Waals surface area (Å²) in [6.45, 7) is 1.69. The number of nitro groups is 1. The fourth-order valence-electron chi connectivity index (χ4n) is 2.23. The molecule has 0 aliphatic rings. The zero-order chi connectivity index (χ0) is 19.4. The highest BCUT2D eigenvalue weighted by Gasteiger charge is 2.09. The largest absolute Gasteiger partial charge is 0.497 e. The monoisotopic (exact) mass is 385 g/mol. The smallest absolute Gasteiger partial charge is 0.341 e. The van der Waals surface area contributed by atoms with E-state index in [0.717, 1.165) is 10.2 Å². The molecule has 0 unspecified atom stereocenters. The van der Waals surface area contributed by atoms with Gasteiger partial charge in [-0.25, -0.2) is 15.2 Å². The molecule has 0 aliphatic carbocycles. The van der Waals surface area contributed by atoms with Crippen molar-refractivity contribution in [1.29, 1.82) is 0 Å². The van der Waals surface area contributed by atoms with E-state index in [9.17, 15) is 14.9 Å². The number of amides is 2. The molecule has 0 fully saturated rings. The van der Waals surface area contributed by atoms with Crippen molar-refractivity contribution in [1.82, 2.24) is 10.4 Å². The number of methoxy groups -OCH3 is 1. The maximum absolute atomic E-state index is 12.0. The van der Waals surface area contributed by atoms with Crippen molar-refractivity contribution in [3.63, 3.8) is 0 Å². The maximum atomic E-state index is 12.0. The number of nitro benzene ring substituents is 1. The highest BCUT2D eigenvalue weighted by atomic mass is 32.1. The third-order valence-corrected chi connectivity index (χ3v) is 4.57. The predicted molar refractivity (Wildman–Crippen MR) is 104 cm³/mol. The number of fused-ring (bicyclic) bond motifs is 1. The van der Waals surface area contributed by atoms with Gasteiger partial charge in [0.15, 0.2) is 5.13 Å². The van der Waals surface area contributed by atoms with Crippen LogP contribution >= 0.6 is 11.3 Å². The van der Waals surface area contributed by atoms with E-state index in [2.05, 4.69) is 20.8 Å². The van der Waals surface area contributed by atoms with Crippen LogP contribution in [0, 0.1) is 10.1 Å². The topological polar surface area (TPSA) is 119 Å². The second-order valence-corrected chi connectivity index (χ2v) is 6.45. The van der Waals surface area contributed by atoms with Gasteiger partial charge >= 0.3 is 6.03 Å². The quantitative estimate of drug-likeness (QED) is 0.394. The Morgan fingerprint density at radius 1 is 1.26 bits per heavy atom. The molecule has 2 amide bonds. The third kappa shape index (κ3) is 4.36. The zero-order valence-electron chi connectivity index (χ0n) is 14.4. The van der Waals surface area contributed by atoms with E-state index in [1.807, 2.05) is 12.1 Å². The van der Waals surface area contributed by atoms with Crippen LogP contribution in [0.5, 0.6) is 5.75 Å². The van der Waals surface area contributed by atoms with E-state index in [4.69, 9.17) is 4.74 Å². The van der Waals surface area contributed by atoms with Crippen molar-refractivity contribution in [2.24, 2.45) is 5.10 Å². The Bertz CT molecular complexity index is 1030. The molecule has 0 atom stereocenters. The number of carbonyl (C=O) groups is 1. The molecule has 0 saturated carbocycles. The molecule has 0 bridgehead atoms. The Hall–Kier alpha value is -3.53. The van der Waals surface area contributed by atoms with Crippen LogP contribution in [0.2, 0.25) is 0 Å². The number of nitrogens with zero attached hydrogens (tertiary/aromatic N) is 3. The van der Waals surface area contributed by atoms with Gasteiger partial charge in [-0.05, 0) is 42.8 Å². The second kappa shape index (κ2) is 7.79. The highest BCUT2D eigenvalue weighted by Crippen LogP contribution is 2.29. The van der Waals surface area contributed by atoms with Crippen LogP contribution in [0.4, 0.5) is 15.6 Å². The molecule has 138 valence electrons. The third-order valence-electron chi connectivity index (χ3n) is 3.64. The summed E-state index contributed by atoms with van der Waals surface area (Å²) in [5, 5.41) is 17.7. The molecule has 3 rings (SSSR count). The van der Waals surface area contributed by atoms with Crippen molar-refractivity contribution in [2.45, 2.75) is 6.92 Å². The van der Waals surface area contributed by atoms with Crippen LogP contribution in [0.1, 0.15) is 12.5 Å². The molecular formula is C17H15N5O4S. The summed E-state index contributed by atoms with van der Waals surface area (Å²) in [6.07, 6.45) is 0. The fourth-order valence-corrected chi connectivity index (χ4v) is 3.12. The van der Waals surface area contributed by atoms with Gasteiger partial charge in [-0.1, -0.05) is 11.3 Å². The molecule has 2 N–H and O–H groups in total. The Labute approximate surface area is 157 Å². The van der Waals surface area contributed by atoms with E-state index >= 15 is 0 Å². The molecule has 1 aromatic heterocycles. The average molecular weight is 385 g/mol. The lowest BCUT2D eigenvalue weighted by Gasteiger charge is -2.03. The van der Waals surface area contributed by atoms with Gasteiger partial charge in [0.25, 0.3) is 5.69 Å². The van der Waals surface area contributed by atoms with Gasteiger partial charge in [-0.3, -0.25) is 15.4 Å². The molecule has 0 spiro atoms. The lowest BCUT2D eigenvalue weighted by molar-refractivity contribution is -0.384. The number of non-ortho nitro benzene ring substituents is 1. The number of rotatable bonds is 5. The normalized spacial score (nSPS) is 11.3. The van der Waals surface area contributed by atoms with E-state index in [1.54, 1.807) is 32.2 Å². The minimum Gasteiger partial charge on any atom is -0.497 e. The van der Waals surface area contributed by atoms with E-state index in [-0.39, 0.29) is 5.69 Å². The van der Waals surface area contributed by atoms with Gasteiger partial charge in [0.05, 0.1) is 28.0 Å². The van der Waals surface area contributed by atoms with Crippen molar-refractivity contribution in [3.8, 4) is 5.75 Å². The number of benzene rings is 2. The lowest BCUT2D eigenvalue weighted by atomic mass is 10.1. The lowest BCUT2D eigenvalue weighted by Crippen LogP contribution is -2.25. The first kappa shape index (κ1) is 18.3. The van der Waals surface area contributed by atoms with Crippen LogP contribution in [-0.4, -0.2) is 28.8 Å². The van der Waals surface area contributed by atoms with Crippen LogP contribution in [0.3, 0.4) is 0 Å². The highest BCUT2D eigenvalue weighted by molar-refractivity contribution is 7.22. The minimum atomic E-state index is -0.540. The summed E-state index contributed by atoms with van der Waals surface area (Å²) < 4.78 is 6.05. The van der Waals surface area contributed by atoms with Gasteiger partial charge in [-0.15, -0.1) is 0 Å². The number of hydrogen-bond acceptors (Lipinski definition) is 7. The molecule has 3 aromatic rings. The Kier molecular flexibility index (Phi) is 5.27. The molecule has 27 heavy (non-hydrogen) atoms. The SMILES string of the molecule is COc1ccc2nc(NC(=O)N/N=C(\C)c3ccc([N+](=O)[O-])cc3)sc2c1. The first-order chi connectivity index (χ1) is 13.0. The molecular weight excluding hydrogens is 370 g/mol. The van der Waals surface area contributed by atoms with Gasteiger partial charge in [0.1, 0.15) is 5.75 Å². The summed E-state index contributed by atoms with van der Waals surface area (Å²) in [4.78, 5) is 26.5. The van der Waals surface area contributed by atoms with Crippen LogP contribution in [0.25, 0.3) is 10.2 Å². The van der Waals surface area contributed by atoms with Crippen LogP contribution in [-0.2, 0) is 0 Å². The van der Waals surface area contributed by atoms with Crippen LogP contribution < -0.4 is 15.5 Å². The number of thiazole rings is 1. The minimum absolute atomic E-state index is 0.00952. The summed E-state index contributed by atoms with van der Waals surface area (Å²) in [5.74, 6) is 0.713. The summed E-state index contributed by atoms with van der Waals surface area (Å²) >= 11 is 1.31. The van der Waals surface area contributed by atoms with Gasteiger partial charge in [0, 0.05) is 12.1 Å². The second-order valence-electron chi connectivity index (χ2n) is 5.42. The number of anilines is 1. The van der Waals surface area contributed by atoms with Gasteiger partial charge in [-0.2, -0.15) is 5.10 Å². The molecule has 2 aromatic carbocycles. The standard InChI is InChI=1S/C17H15N5O4S/c1-10(11-3-5-12(6-4-11)22(24)25)20-21-16(23)19-17-18-14-8-7-13(26-2)9-15(14)27-17/h3-9H,1-2H3,(H2,18,19,21,23)/b20-10+. The molecule has 0 saturated heterocycles. The van der Waals surface area contributed by atoms with E-state index in [0.29, 0.717) is 22.2 Å². The summed E-state index contributed by atoms with van der Waals surface area (Å²) in [7, 11) is 1.58. The Morgan fingerprint density at radius 2 is 2.00 bits per heavy atom. The summed E-state index contributed by atoms with van der Waals surface area (Å²) in [6, 6.07) is 10.8. The Balaban J connectivity index is 1.64. The van der Waals surface area contributed by atoms with Gasteiger partial charge in [0.2, 0.25) is 0 Å². The first-order valence-electron chi connectivity index (χ1n) is 7.77. The number of hydrazone groups is 1. The number of urea groups is 1. The molecule has 0 radical (unpaired) electrons. The number of carbonyl (C=O) groups excluding carboxylic acids is 1. The molecule has 10 heteroatoms. The zero-order valence-corrected chi connectivity index (χ0v) is 15.2. The summed E-state index contributed by atoms with van der Waals surface area (Å²) in [5.41, 5.74) is 4.29. The van der Waals surface area contributed by atoms with E-state index in [1.165, 1.54) is 23.5 Å². The van der Waals surface area contributed by atoms with Gasteiger partial charge < -0.3 is 4.74 Å². The Morgan fingerprint density at radius 3 is 2.67 bits per heavy atom. The molecule has 1 heterocycles. The predicted octanol–water partition coefficient (Wildman–Crippen LogP) is 3.76. The number of nitrogens with one attached hydrogen (secondary N) is 2. The fraction of sp³-hybridized carbons (Fsp3) is 0.118. The molecule has 0 aliphatic heterocycles. The van der Waals surface area contributed by atoms with Crippen molar-refractivity contribution < 1.29 is 14.5 Å². The number of hydrogen-bond donors (Lipinski definition) is 2. The first-order valence-corrected chi connectivity index (χ1v) is 8.58. The van der Waals surface area contributed by atoms with E-state index < -0.39 is 11.0 Å². The maximum Gasteiger partial charge on any atom is 0.341 e.